The van der Waals surface area contributed by atoms with Crippen LogP contribution in [-0.4, -0.2) is 62.3 Å². The van der Waals surface area contributed by atoms with E-state index in [9.17, 15) is 25.5 Å². The van der Waals surface area contributed by atoms with Crippen LogP contribution in [0, 0.1) is 13.8 Å². The number of ether oxygens (including phenoxy) is 2. The van der Waals surface area contributed by atoms with Gasteiger partial charge in [0.05, 0.1) is 6.61 Å². The largest absolute Gasteiger partial charge is 0.508 e. The fourth-order valence-electron chi connectivity index (χ4n) is 3.28. The van der Waals surface area contributed by atoms with E-state index in [1.807, 2.05) is 38.1 Å². The molecule has 2 aromatic carbocycles. The molecule has 2 aromatic rings. The molecular weight excluding hydrogens is 364 g/mol. The van der Waals surface area contributed by atoms with E-state index in [0.717, 1.165) is 22.3 Å². The Morgan fingerprint density at radius 2 is 1.64 bits per heavy atom. The summed E-state index contributed by atoms with van der Waals surface area (Å²) < 4.78 is 11.3. The maximum absolute atomic E-state index is 10.6. The van der Waals surface area contributed by atoms with Crippen LogP contribution in [0.2, 0.25) is 0 Å². The Balaban J connectivity index is 1.85. The molecule has 7 heteroatoms. The number of aromatic hydroxyl groups is 1. The first kappa shape index (κ1) is 20.6. The van der Waals surface area contributed by atoms with E-state index >= 15 is 0 Å². The number of phenols is 1. The molecule has 0 aliphatic carbocycles. The van der Waals surface area contributed by atoms with Crippen molar-refractivity contribution in [3.63, 3.8) is 0 Å². The van der Waals surface area contributed by atoms with Crippen LogP contribution in [0.15, 0.2) is 36.4 Å². The van der Waals surface area contributed by atoms with Gasteiger partial charge in [-0.1, -0.05) is 12.1 Å². The summed E-state index contributed by atoms with van der Waals surface area (Å²) >= 11 is 0. The molecule has 0 radical (unpaired) electrons. The van der Waals surface area contributed by atoms with Gasteiger partial charge in [-0.2, -0.15) is 0 Å². The molecule has 5 atom stereocenters. The van der Waals surface area contributed by atoms with Crippen LogP contribution in [0.4, 0.5) is 0 Å². The standard InChI is InChI=1S/C21H26O7/c1-11-8-13(4-6-15(11)23)14-5-7-16(12(2)9-14)27-20-21(3,26)19(25)18(24)17(10-22)28-20/h4-9,17-20,22-26H,10H2,1-3H3/t17?,18-,19?,20+,21+/m1/s1. The van der Waals surface area contributed by atoms with Gasteiger partial charge in [0.25, 0.3) is 0 Å². The Hall–Kier alpha value is -2.16. The van der Waals surface area contributed by atoms with Crippen molar-refractivity contribution in [2.24, 2.45) is 0 Å². The number of rotatable bonds is 4. The van der Waals surface area contributed by atoms with E-state index in [4.69, 9.17) is 9.47 Å². The Kier molecular flexibility index (Phi) is 5.65. The molecule has 0 saturated carbocycles. The van der Waals surface area contributed by atoms with Crippen molar-refractivity contribution >= 4 is 0 Å². The Labute approximate surface area is 163 Å². The summed E-state index contributed by atoms with van der Waals surface area (Å²) in [5.74, 6) is 0.668. The Morgan fingerprint density at radius 3 is 2.21 bits per heavy atom. The van der Waals surface area contributed by atoms with Gasteiger partial charge in [-0.15, -0.1) is 0 Å². The van der Waals surface area contributed by atoms with Crippen molar-refractivity contribution in [3.05, 3.63) is 47.5 Å². The van der Waals surface area contributed by atoms with Crippen LogP contribution >= 0.6 is 0 Å². The van der Waals surface area contributed by atoms with Gasteiger partial charge >= 0.3 is 0 Å². The Morgan fingerprint density at radius 1 is 1.04 bits per heavy atom. The summed E-state index contributed by atoms with van der Waals surface area (Å²) in [5, 5.41) is 49.7. The summed E-state index contributed by atoms with van der Waals surface area (Å²) in [6.07, 6.45) is -5.31. The lowest BCUT2D eigenvalue weighted by Gasteiger charge is -2.45. The highest BCUT2D eigenvalue weighted by Crippen LogP contribution is 2.34. The molecule has 2 unspecified atom stereocenters. The summed E-state index contributed by atoms with van der Waals surface area (Å²) in [7, 11) is 0. The van der Waals surface area contributed by atoms with E-state index in [-0.39, 0.29) is 5.75 Å². The molecule has 0 spiro atoms. The lowest BCUT2D eigenvalue weighted by Crippen LogP contribution is -2.66. The fourth-order valence-corrected chi connectivity index (χ4v) is 3.28. The average molecular weight is 390 g/mol. The van der Waals surface area contributed by atoms with Gasteiger partial charge < -0.3 is 35.0 Å². The minimum Gasteiger partial charge on any atom is -0.508 e. The van der Waals surface area contributed by atoms with Gasteiger partial charge in [0, 0.05) is 0 Å². The maximum atomic E-state index is 10.6. The Bertz CT molecular complexity index is 849. The summed E-state index contributed by atoms with van der Waals surface area (Å²) in [6, 6.07) is 10.8. The number of aliphatic hydroxyl groups excluding tert-OH is 3. The van der Waals surface area contributed by atoms with E-state index < -0.39 is 36.8 Å². The lowest BCUT2D eigenvalue weighted by molar-refractivity contribution is -0.314. The van der Waals surface area contributed by atoms with Gasteiger partial charge in [0.15, 0.2) is 5.60 Å². The predicted molar refractivity (Wildman–Crippen MR) is 102 cm³/mol. The zero-order valence-electron chi connectivity index (χ0n) is 16.0. The van der Waals surface area contributed by atoms with Gasteiger partial charge in [-0.25, -0.2) is 0 Å². The molecule has 1 aliphatic rings. The van der Waals surface area contributed by atoms with Gasteiger partial charge in [-0.3, -0.25) is 0 Å². The van der Waals surface area contributed by atoms with Crippen LogP contribution in [-0.2, 0) is 4.74 Å². The molecule has 0 bridgehead atoms. The van der Waals surface area contributed by atoms with Crippen molar-refractivity contribution in [3.8, 4) is 22.6 Å². The molecule has 3 rings (SSSR count). The monoisotopic (exact) mass is 390 g/mol. The van der Waals surface area contributed by atoms with Crippen molar-refractivity contribution in [2.45, 2.75) is 51.0 Å². The molecule has 1 saturated heterocycles. The quantitative estimate of drug-likeness (QED) is 0.533. The number of benzene rings is 2. The zero-order chi connectivity index (χ0) is 20.6. The van der Waals surface area contributed by atoms with Crippen LogP contribution in [0.3, 0.4) is 0 Å². The van der Waals surface area contributed by atoms with Crippen LogP contribution in [0.25, 0.3) is 11.1 Å². The molecule has 1 aliphatic heterocycles. The number of aryl methyl sites for hydroxylation is 2. The number of phenolic OH excluding ortho intramolecular Hbond substituents is 1. The highest BCUT2D eigenvalue weighted by atomic mass is 16.7. The fraction of sp³-hybridized carbons (Fsp3) is 0.429. The third-order valence-corrected chi connectivity index (χ3v) is 5.20. The summed E-state index contributed by atoms with van der Waals surface area (Å²) in [6.45, 7) is 4.44. The van der Waals surface area contributed by atoms with Gasteiger partial charge in [0.1, 0.15) is 29.8 Å². The third-order valence-electron chi connectivity index (χ3n) is 5.20. The highest BCUT2D eigenvalue weighted by Gasteiger charge is 2.53. The van der Waals surface area contributed by atoms with Gasteiger partial charge in [-0.05, 0) is 67.3 Å². The molecular formula is C21H26O7. The summed E-state index contributed by atoms with van der Waals surface area (Å²) in [4.78, 5) is 0. The van der Waals surface area contributed by atoms with Crippen molar-refractivity contribution < 1.29 is 35.0 Å². The minimum atomic E-state index is -1.87. The molecule has 28 heavy (non-hydrogen) atoms. The second-order valence-corrected chi connectivity index (χ2v) is 7.45. The molecule has 5 N–H and O–H groups in total. The van der Waals surface area contributed by atoms with E-state index in [2.05, 4.69) is 0 Å². The van der Waals surface area contributed by atoms with Crippen molar-refractivity contribution in [1.29, 1.82) is 0 Å². The zero-order valence-corrected chi connectivity index (χ0v) is 16.0. The number of hydrogen-bond acceptors (Lipinski definition) is 7. The second-order valence-electron chi connectivity index (χ2n) is 7.45. The number of aliphatic hydroxyl groups is 4. The molecule has 1 heterocycles. The topological polar surface area (TPSA) is 120 Å². The first-order chi connectivity index (χ1) is 13.1. The van der Waals surface area contributed by atoms with E-state index in [0.29, 0.717) is 5.75 Å². The molecule has 1 fully saturated rings. The first-order valence-electron chi connectivity index (χ1n) is 9.07. The van der Waals surface area contributed by atoms with Crippen molar-refractivity contribution in [1.82, 2.24) is 0 Å². The SMILES string of the molecule is Cc1cc(-c2ccc(O[C@H]3OC(CO)[C@@H](O)C(O)[C@]3(C)O)c(C)c2)ccc1O. The molecule has 7 nitrogen and oxygen atoms in total. The predicted octanol–water partition coefficient (Wildman–Crippen LogP) is 1.24. The van der Waals surface area contributed by atoms with Crippen molar-refractivity contribution in [2.75, 3.05) is 6.61 Å². The lowest BCUT2D eigenvalue weighted by atomic mass is 9.88. The third kappa shape index (κ3) is 3.72. The molecule has 0 aromatic heterocycles. The molecule has 0 amide bonds. The highest BCUT2D eigenvalue weighted by molar-refractivity contribution is 5.67. The second kappa shape index (κ2) is 7.69. The number of hydrogen-bond donors (Lipinski definition) is 5. The maximum Gasteiger partial charge on any atom is 0.231 e. The van der Waals surface area contributed by atoms with E-state index in [1.165, 1.54) is 6.92 Å². The average Bonchev–Trinajstić information content (AvgIpc) is 2.66. The first-order valence-corrected chi connectivity index (χ1v) is 9.07. The smallest absolute Gasteiger partial charge is 0.231 e. The van der Waals surface area contributed by atoms with Gasteiger partial charge in [0.2, 0.25) is 6.29 Å². The minimum absolute atomic E-state index is 0.233. The van der Waals surface area contributed by atoms with E-state index in [1.54, 1.807) is 12.1 Å². The van der Waals surface area contributed by atoms with Crippen LogP contribution in [0.1, 0.15) is 18.1 Å². The van der Waals surface area contributed by atoms with Crippen LogP contribution in [0.5, 0.6) is 11.5 Å². The van der Waals surface area contributed by atoms with Crippen LogP contribution < -0.4 is 4.74 Å². The normalized spacial score (nSPS) is 30.2. The molecule has 152 valence electrons. The summed E-state index contributed by atoms with van der Waals surface area (Å²) in [5.41, 5.74) is 1.52.